The van der Waals surface area contributed by atoms with E-state index in [0.29, 0.717) is 5.41 Å². The number of halogens is 2. The molecule has 3 heteroatoms. The molecule has 0 heterocycles. The second-order valence-corrected chi connectivity index (χ2v) is 8.90. The van der Waals surface area contributed by atoms with Crippen LogP contribution in [0.15, 0.2) is 43.0 Å². The maximum absolute atomic E-state index is 12.7. The molecular formula is C28H40F2O. The third-order valence-electron chi connectivity index (χ3n) is 4.45. The van der Waals surface area contributed by atoms with E-state index >= 15 is 0 Å². The first-order valence-corrected chi connectivity index (χ1v) is 11.2. The number of Topliss-reactive ketones (excluding diaryl/α,β-unsaturated/α-hetero) is 1. The van der Waals surface area contributed by atoms with E-state index in [1.54, 1.807) is 0 Å². The summed E-state index contributed by atoms with van der Waals surface area (Å²) in [6.07, 6.45) is 4.54. The van der Waals surface area contributed by atoms with Crippen LogP contribution in [0.3, 0.4) is 0 Å². The molecule has 1 nitrogen and oxygen atoms in total. The quantitative estimate of drug-likeness (QED) is 0.433. The molecule has 0 fully saturated rings. The van der Waals surface area contributed by atoms with Crippen LogP contribution in [0.25, 0.3) is 5.57 Å². The minimum Gasteiger partial charge on any atom is -0.294 e. The number of benzene rings is 2. The fourth-order valence-corrected chi connectivity index (χ4v) is 3.04. The van der Waals surface area contributed by atoms with Gasteiger partial charge in [0, 0.05) is 0 Å². The van der Waals surface area contributed by atoms with Crippen molar-refractivity contribution < 1.29 is 13.6 Å². The lowest BCUT2D eigenvalue weighted by Crippen LogP contribution is -2.05. The van der Waals surface area contributed by atoms with E-state index in [1.807, 2.05) is 0 Å². The molecule has 0 unspecified atom stereocenters. The van der Waals surface area contributed by atoms with Gasteiger partial charge in [0.25, 0.3) is 0 Å². The molecule has 0 atom stereocenters. The maximum atomic E-state index is 12.7. The summed E-state index contributed by atoms with van der Waals surface area (Å²) in [7, 11) is 0. The molecule has 172 valence electrons. The van der Waals surface area contributed by atoms with Crippen molar-refractivity contribution in [3.05, 3.63) is 76.9 Å². The summed E-state index contributed by atoms with van der Waals surface area (Å²) in [5.41, 5.74) is 5.63. The van der Waals surface area contributed by atoms with Gasteiger partial charge in [0.15, 0.2) is 17.4 Å². The van der Waals surface area contributed by atoms with Gasteiger partial charge in [-0.15, -0.1) is 0 Å². The molecule has 0 spiro atoms. The van der Waals surface area contributed by atoms with Crippen molar-refractivity contribution in [1.29, 1.82) is 0 Å². The number of allylic oxidation sites excluding steroid dienone is 1. The lowest BCUT2D eigenvalue weighted by atomic mass is 9.85. The molecule has 2 aromatic carbocycles. The topological polar surface area (TPSA) is 17.1 Å². The van der Waals surface area contributed by atoms with E-state index in [9.17, 15) is 13.6 Å². The van der Waals surface area contributed by atoms with Gasteiger partial charge in [-0.2, -0.15) is 0 Å². The predicted molar refractivity (Wildman–Crippen MR) is 131 cm³/mol. The van der Waals surface area contributed by atoms with Gasteiger partial charge < -0.3 is 0 Å². The van der Waals surface area contributed by atoms with Crippen LogP contribution < -0.4 is 0 Å². The Kier molecular flexibility index (Phi) is 12.9. The second-order valence-electron chi connectivity index (χ2n) is 8.90. The van der Waals surface area contributed by atoms with E-state index in [4.69, 9.17) is 0 Å². The van der Waals surface area contributed by atoms with Crippen LogP contribution in [0, 0.1) is 17.0 Å². The third kappa shape index (κ3) is 10.5. The summed E-state index contributed by atoms with van der Waals surface area (Å²) in [6.45, 7) is 20.9. The highest BCUT2D eigenvalue weighted by atomic mass is 19.2. The smallest absolute Gasteiger partial charge is 0.169 e. The van der Waals surface area contributed by atoms with Crippen molar-refractivity contribution >= 4 is 11.4 Å². The number of aryl methyl sites for hydroxylation is 2. The molecule has 0 amide bonds. The zero-order chi connectivity index (χ0) is 24.2. The normalized spacial score (nSPS) is 10.4. The van der Waals surface area contributed by atoms with Crippen LogP contribution >= 0.6 is 0 Å². The molecule has 0 saturated heterocycles. The van der Waals surface area contributed by atoms with Crippen LogP contribution in [-0.4, -0.2) is 5.78 Å². The number of carbonyl (C=O) groups excluding carboxylic acids is 1. The molecule has 0 bridgehead atoms. The highest BCUT2D eigenvalue weighted by Crippen LogP contribution is 2.30. The van der Waals surface area contributed by atoms with Gasteiger partial charge in [-0.05, 0) is 66.0 Å². The summed E-state index contributed by atoms with van der Waals surface area (Å²) in [5, 5.41) is 0. The zero-order valence-electron chi connectivity index (χ0n) is 20.7. The van der Waals surface area contributed by atoms with Gasteiger partial charge >= 0.3 is 0 Å². The monoisotopic (exact) mass is 430 g/mol. The molecule has 0 radical (unpaired) electrons. The van der Waals surface area contributed by atoms with Crippen molar-refractivity contribution in [2.24, 2.45) is 5.41 Å². The number of carbonyl (C=O) groups is 1. The molecule has 0 aliphatic carbocycles. The number of rotatable bonds is 5. The van der Waals surface area contributed by atoms with E-state index in [2.05, 4.69) is 73.2 Å². The van der Waals surface area contributed by atoms with Crippen molar-refractivity contribution in [2.45, 2.75) is 81.1 Å². The molecule has 0 aliphatic heterocycles. The Hall–Kier alpha value is -2.29. The summed E-state index contributed by atoms with van der Waals surface area (Å²) >= 11 is 0. The zero-order valence-corrected chi connectivity index (χ0v) is 20.7. The van der Waals surface area contributed by atoms with E-state index in [1.165, 1.54) is 47.7 Å². The molecule has 0 saturated carbocycles. The molecule has 0 N–H and O–H groups in total. The van der Waals surface area contributed by atoms with Crippen molar-refractivity contribution in [2.75, 3.05) is 0 Å². The van der Waals surface area contributed by atoms with Gasteiger partial charge in [0.2, 0.25) is 0 Å². The first-order chi connectivity index (χ1) is 14.4. The Labute approximate surface area is 188 Å². The Bertz CT molecular complexity index is 845. The van der Waals surface area contributed by atoms with Crippen molar-refractivity contribution in [3.8, 4) is 0 Å². The molecule has 2 rings (SSSR count). The van der Waals surface area contributed by atoms with Crippen LogP contribution in [0.4, 0.5) is 8.78 Å². The first-order valence-electron chi connectivity index (χ1n) is 11.2. The lowest BCUT2D eigenvalue weighted by Gasteiger charge is -2.20. The van der Waals surface area contributed by atoms with Crippen LogP contribution in [-0.2, 0) is 12.8 Å². The summed E-state index contributed by atoms with van der Waals surface area (Å²) < 4.78 is 25.1. The SMILES string of the molecule is C=C(CC(C)(C)C)c1ccc(CC)c(CC)c1.CC(=O)c1cccc(F)c1F.CCC. The molecule has 2 aromatic rings. The Balaban J connectivity index is 0.000000551. The van der Waals surface area contributed by atoms with Crippen LogP contribution in [0.5, 0.6) is 0 Å². The highest BCUT2D eigenvalue weighted by molar-refractivity contribution is 5.94. The fourth-order valence-electron chi connectivity index (χ4n) is 3.04. The molecule has 31 heavy (non-hydrogen) atoms. The summed E-state index contributed by atoms with van der Waals surface area (Å²) in [5.74, 6) is -2.53. The molecule has 0 aliphatic rings. The van der Waals surface area contributed by atoms with Gasteiger partial charge in [-0.25, -0.2) is 8.78 Å². The van der Waals surface area contributed by atoms with Gasteiger partial charge in [0.05, 0.1) is 5.56 Å². The Morgan fingerprint density at radius 3 is 1.90 bits per heavy atom. The van der Waals surface area contributed by atoms with Gasteiger partial charge in [-0.3, -0.25) is 4.79 Å². The minimum atomic E-state index is -1.07. The van der Waals surface area contributed by atoms with Crippen molar-refractivity contribution in [1.82, 2.24) is 0 Å². The highest BCUT2D eigenvalue weighted by Gasteiger charge is 2.14. The third-order valence-corrected chi connectivity index (χ3v) is 4.45. The molecular weight excluding hydrogens is 390 g/mol. The average molecular weight is 431 g/mol. The minimum absolute atomic E-state index is 0.204. The number of ketones is 1. The summed E-state index contributed by atoms with van der Waals surface area (Å²) in [6, 6.07) is 10.3. The standard InChI is InChI=1S/C17H26.C8H6F2O.C3H8/c1-7-14-9-10-16(11-15(14)8-2)13(3)12-17(4,5)6;1-5(11)6-3-2-4-7(9)8(6)10;1-3-2/h9-11H,3,7-8,12H2,1-2,4-6H3;2-4H,1H3;3H2,1-2H3. The van der Waals surface area contributed by atoms with Crippen LogP contribution in [0.2, 0.25) is 0 Å². The van der Waals surface area contributed by atoms with E-state index in [0.717, 1.165) is 25.3 Å². The first kappa shape index (κ1) is 28.7. The van der Waals surface area contributed by atoms with E-state index in [-0.39, 0.29) is 5.56 Å². The average Bonchev–Trinajstić information content (AvgIpc) is 2.69. The predicted octanol–water partition coefficient (Wildman–Crippen LogP) is 8.84. The van der Waals surface area contributed by atoms with Crippen molar-refractivity contribution in [3.63, 3.8) is 0 Å². The summed E-state index contributed by atoms with van der Waals surface area (Å²) in [4.78, 5) is 10.6. The largest absolute Gasteiger partial charge is 0.294 e. The molecule has 0 aromatic heterocycles. The Morgan fingerprint density at radius 1 is 0.935 bits per heavy atom. The van der Waals surface area contributed by atoms with Gasteiger partial charge in [-0.1, -0.05) is 85.7 Å². The van der Waals surface area contributed by atoms with Gasteiger partial charge in [0.1, 0.15) is 0 Å². The fraction of sp³-hybridized carbons (Fsp3) is 0.464. The van der Waals surface area contributed by atoms with Crippen LogP contribution in [0.1, 0.15) is 95.3 Å². The maximum Gasteiger partial charge on any atom is 0.169 e. The number of hydrogen-bond acceptors (Lipinski definition) is 1. The lowest BCUT2D eigenvalue weighted by molar-refractivity contribution is 0.101. The number of hydrogen-bond donors (Lipinski definition) is 0. The Morgan fingerprint density at radius 2 is 1.48 bits per heavy atom. The van der Waals surface area contributed by atoms with E-state index < -0.39 is 17.4 Å². The second kappa shape index (κ2) is 13.9.